The van der Waals surface area contributed by atoms with Crippen LogP contribution in [0, 0.1) is 13.8 Å². The van der Waals surface area contributed by atoms with Gasteiger partial charge in [-0.3, -0.25) is 4.79 Å². The van der Waals surface area contributed by atoms with Crippen LogP contribution < -0.4 is 4.90 Å². The number of anilines is 1. The summed E-state index contributed by atoms with van der Waals surface area (Å²) in [6.07, 6.45) is 1.83. The molecule has 1 amide bonds. The molecule has 1 aromatic carbocycles. The number of rotatable bonds is 4. The first-order valence-corrected chi connectivity index (χ1v) is 10.6. The maximum Gasteiger partial charge on any atom is 0.255 e. The van der Waals surface area contributed by atoms with E-state index in [2.05, 4.69) is 59.5 Å². The van der Waals surface area contributed by atoms with Crippen molar-refractivity contribution in [3.63, 3.8) is 0 Å². The van der Waals surface area contributed by atoms with Crippen LogP contribution in [-0.4, -0.2) is 46.5 Å². The van der Waals surface area contributed by atoms with E-state index >= 15 is 0 Å². The first kappa shape index (κ1) is 18.7. The molecule has 0 radical (unpaired) electrons. The molecule has 3 aromatic rings. The van der Waals surface area contributed by atoms with Gasteiger partial charge in [0.25, 0.3) is 5.91 Å². The van der Waals surface area contributed by atoms with Crippen LogP contribution in [0.5, 0.6) is 0 Å². The third-order valence-electron chi connectivity index (χ3n) is 5.64. The fraction of sp³-hybridized carbons (Fsp3) is 0.364. The van der Waals surface area contributed by atoms with Gasteiger partial charge in [-0.2, -0.15) is 0 Å². The fourth-order valence-electron chi connectivity index (χ4n) is 4.11. The van der Waals surface area contributed by atoms with Crippen molar-refractivity contribution >= 4 is 22.4 Å². The van der Waals surface area contributed by atoms with E-state index in [0.29, 0.717) is 0 Å². The predicted molar refractivity (Wildman–Crippen MR) is 114 cm³/mol. The standard InChI is InChI=1S/C22H26N4OS/c1-16-15-20(18(3)26(16)17(2)19-7-5-4-6-8-19)21(27)24-10-12-25(13-11-24)22-23-9-14-28-22/h4-9,14-15,17H,10-13H2,1-3H3/t17-/m1/s1. The molecule has 1 atom stereocenters. The zero-order chi connectivity index (χ0) is 19.7. The Morgan fingerprint density at radius 1 is 1.11 bits per heavy atom. The van der Waals surface area contributed by atoms with E-state index in [1.807, 2.05) is 28.6 Å². The van der Waals surface area contributed by atoms with Crippen LogP contribution in [0.2, 0.25) is 0 Å². The number of aryl methyl sites for hydroxylation is 1. The SMILES string of the molecule is Cc1cc(C(=O)N2CCN(c3nccs3)CC2)c(C)n1[C@H](C)c1ccccc1. The van der Waals surface area contributed by atoms with Crippen molar-refractivity contribution in [3.05, 3.63) is 70.5 Å². The highest BCUT2D eigenvalue weighted by atomic mass is 32.1. The Hall–Kier alpha value is -2.60. The molecule has 28 heavy (non-hydrogen) atoms. The van der Waals surface area contributed by atoms with Crippen LogP contribution in [0.1, 0.15) is 40.3 Å². The highest BCUT2D eigenvalue weighted by Gasteiger charge is 2.27. The summed E-state index contributed by atoms with van der Waals surface area (Å²) in [6, 6.07) is 12.7. The fourth-order valence-corrected chi connectivity index (χ4v) is 4.81. The second-order valence-electron chi connectivity index (χ2n) is 7.34. The van der Waals surface area contributed by atoms with Crippen molar-refractivity contribution in [2.75, 3.05) is 31.1 Å². The molecule has 3 heterocycles. The summed E-state index contributed by atoms with van der Waals surface area (Å²) in [4.78, 5) is 21.8. The van der Waals surface area contributed by atoms with Crippen molar-refractivity contribution in [1.29, 1.82) is 0 Å². The van der Waals surface area contributed by atoms with Crippen LogP contribution >= 0.6 is 11.3 Å². The Bertz CT molecular complexity index is 941. The summed E-state index contributed by atoms with van der Waals surface area (Å²) in [5.74, 6) is 0.137. The van der Waals surface area contributed by atoms with E-state index in [0.717, 1.165) is 48.3 Å². The van der Waals surface area contributed by atoms with Gasteiger partial charge >= 0.3 is 0 Å². The highest BCUT2D eigenvalue weighted by Crippen LogP contribution is 2.27. The Labute approximate surface area is 170 Å². The maximum atomic E-state index is 13.2. The Morgan fingerprint density at radius 3 is 2.46 bits per heavy atom. The minimum atomic E-state index is 0.137. The molecule has 1 fully saturated rings. The van der Waals surface area contributed by atoms with Crippen LogP contribution in [0.4, 0.5) is 5.13 Å². The second-order valence-corrected chi connectivity index (χ2v) is 8.21. The number of thiazole rings is 1. The molecule has 0 aliphatic carbocycles. The number of nitrogens with zero attached hydrogens (tertiary/aromatic N) is 4. The summed E-state index contributed by atoms with van der Waals surface area (Å²) >= 11 is 1.65. The van der Waals surface area contributed by atoms with Crippen LogP contribution in [0.3, 0.4) is 0 Å². The van der Waals surface area contributed by atoms with Crippen molar-refractivity contribution in [2.24, 2.45) is 0 Å². The minimum Gasteiger partial charge on any atom is -0.345 e. The van der Waals surface area contributed by atoms with E-state index in [4.69, 9.17) is 0 Å². The molecule has 0 bridgehead atoms. The molecule has 1 aliphatic rings. The van der Waals surface area contributed by atoms with Gasteiger partial charge in [-0.15, -0.1) is 11.3 Å². The molecule has 0 spiro atoms. The summed E-state index contributed by atoms with van der Waals surface area (Å²) in [6.45, 7) is 9.47. The number of carbonyl (C=O) groups excluding carboxylic acids is 1. The average Bonchev–Trinajstić information content (AvgIpc) is 3.36. The van der Waals surface area contributed by atoms with E-state index < -0.39 is 0 Å². The Morgan fingerprint density at radius 2 is 1.82 bits per heavy atom. The monoisotopic (exact) mass is 394 g/mol. The molecule has 1 aliphatic heterocycles. The summed E-state index contributed by atoms with van der Waals surface area (Å²) in [5, 5.41) is 3.04. The van der Waals surface area contributed by atoms with E-state index in [9.17, 15) is 4.79 Å². The minimum absolute atomic E-state index is 0.137. The summed E-state index contributed by atoms with van der Waals surface area (Å²) < 4.78 is 2.27. The first-order valence-electron chi connectivity index (χ1n) is 9.73. The van der Waals surface area contributed by atoms with E-state index in [1.165, 1.54) is 5.56 Å². The van der Waals surface area contributed by atoms with Gasteiger partial charge in [-0.25, -0.2) is 4.98 Å². The lowest BCUT2D eigenvalue weighted by Crippen LogP contribution is -2.48. The van der Waals surface area contributed by atoms with Crippen molar-refractivity contribution in [3.8, 4) is 0 Å². The lowest BCUT2D eigenvalue weighted by molar-refractivity contribution is 0.0746. The molecule has 2 aromatic heterocycles. The summed E-state index contributed by atoms with van der Waals surface area (Å²) in [5.41, 5.74) is 4.24. The van der Waals surface area contributed by atoms with Gasteiger partial charge in [0.1, 0.15) is 0 Å². The molecule has 0 unspecified atom stereocenters. The number of hydrogen-bond acceptors (Lipinski definition) is 4. The zero-order valence-electron chi connectivity index (χ0n) is 16.6. The molecular formula is C22H26N4OS. The van der Waals surface area contributed by atoms with Crippen molar-refractivity contribution < 1.29 is 4.79 Å². The van der Waals surface area contributed by atoms with Crippen molar-refractivity contribution in [1.82, 2.24) is 14.5 Å². The quantitative estimate of drug-likeness (QED) is 0.668. The average molecular weight is 395 g/mol. The first-order chi connectivity index (χ1) is 13.6. The topological polar surface area (TPSA) is 41.4 Å². The molecule has 1 saturated heterocycles. The number of benzene rings is 1. The third kappa shape index (κ3) is 3.44. The van der Waals surface area contributed by atoms with Crippen LogP contribution in [0.15, 0.2) is 48.0 Å². The Kier molecular flexibility index (Phi) is 5.22. The van der Waals surface area contributed by atoms with Crippen molar-refractivity contribution in [2.45, 2.75) is 26.8 Å². The third-order valence-corrected chi connectivity index (χ3v) is 6.47. The largest absolute Gasteiger partial charge is 0.345 e. The van der Waals surface area contributed by atoms with E-state index in [1.54, 1.807) is 11.3 Å². The number of amides is 1. The second kappa shape index (κ2) is 7.80. The molecule has 0 N–H and O–H groups in total. The summed E-state index contributed by atoms with van der Waals surface area (Å²) in [7, 11) is 0. The molecule has 146 valence electrons. The van der Waals surface area contributed by atoms with Gasteiger partial charge in [-0.05, 0) is 32.4 Å². The number of aromatic nitrogens is 2. The molecule has 0 saturated carbocycles. The van der Waals surface area contributed by atoms with Gasteiger partial charge in [-0.1, -0.05) is 30.3 Å². The highest BCUT2D eigenvalue weighted by molar-refractivity contribution is 7.13. The van der Waals surface area contributed by atoms with Gasteiger partial charge < -0.3 is 14.4 Å². The van der Waals surface area contributed by atoms with Gasteiger partial charge in [0.15, 0.2) is 5.13 Å². The lowest BCUT2D eigenvalue weighted by atomic mass is 10.1. The predicted octanol–water partition coefficient (Wildman–Crippen LogP) is 4.13. The molecule has 5 nitrogen and oxygen atoms in total. The number of piperazine rings is 1. The van der Waals surface area contributed by atoms with Gasteiger partial charge in [0, 0.05) is 49.1 Å². The maximum absolute atomic E-state index is 13.2. The van der Waals surface area contributed by atoms with Crippen LogP contribution in [0.25, 0.3) is 0 Å². The number of carbonyl (C=O) groups is 1. The molecule has 4 rings (SSSR count). The smallest absolute Gasteiger partial charge is 0.255 e. The van der Waals surface area contributed by atoms with Gasteiger partial charge in [0.2, 0.25) is 0 Å². The zero-order valence-corrected chi connectivity index (χ0v) is 17.4. The van der Waals surface area contributed by atoms with Crippen LogP contribution in [-0.2, 0) is 0 Å². The van der Waals surface area contributed by atoms with Gasteiger partial charge in [0.05, 0.1) is 11.6 Å². The lowest BCUT2D eigenvalue weighted by Gasteiger charge is -2.34. The van der Waals surface area contributed by atoms with E-state index in [-0.39, 0.29) is 11.9 Å². The Balaban J connectivity index is 1.51. The molecule has 6 heteroatoms. The normalized spacial score (nSPS) is 15.7. The molecular weight excluding hydrogens is 368 g/mol. The number of hydrogen-bond donors (Lipinski definition) is 0.